The minimum Gasteiger partial charge on any atom is -0.496 e. The fourth-order valence-electron chi connectivity index (χ4n) is 3.47. The highest BCUT2D eigenvalue weighted by Gasteiger charge is 2.36. The second kappa shape index (κ2) is 7.65. The summed E-state index contributed by atoms with van der Waals surface area (Å²) in [7, 11) is 1.47. The monoisotopic (exact) mass is 431 g/mol. The van der Waals surface area contributed by atoms with E-state index in [0.717, 1.165) is 11.6 Å². The lowest BCUT2D eigenvalue weighted by atomic mass is 10.0. The van der Waals surface area contributed by atoms with Gasteiger partial charge in [-0.2, -0.15) is 18.3 Å². The van der Waals surface area contributed by atoms with E-state index in [9.17, 15) is 13.2 Å². The van der Waals surface area contributed by atoms with E-state index >= 15 is 0 Å². The number of benzene rings is 2. The number of nitrogens with zero attached hydrogens (tertiary/aromatic N) is 3. The van der Waals surface area contributed by atoms with Crippen molar-refractivity contribution in [3.8, 4) is 17.0 Å². The lowest BCUT2D eigenvalue weighted by molar-refractivity contribution is -0.136. The van der Waals surface area contributed by atoms with Crippen LogP contribution in [0.4, 0.5) is 13.2 Å². The van der Waals surface area contributed by atoms with Gasteiger partial charge in [-0.3, -0.25) is 0 Å². The fourth-order valence-corrected chi connectivity index (χ4v) is 3.67. The molecule has 0 aliphatic rings. The Kier molecular flexibility index (Phi) is 5.15. The molecule has 2 heterocycles. The molecule has 0 amide bonds. The van der Waals surface area contributed by atoms with Crippen LogP contribution in [0.1, 0.15) is 16.8 Å². The lowest BCUT2D eigenvalue weighted by Gasteiger charge is -2.13. The molecule has 0 bridgehead atoms. The SMILES string of the molecule is COc1ccccc1-c1cc(C(F)(F)F)c2c(C)nn(Cc3ccccc3Cl)c2n1. The summed E-state index contributed by atoms with van der Waals surface area (Å²) in [5, 5.41) is 4.83. The summed E-state index contributed by atoms with van der Waals surface area (Å²) in [4.78, 5) is 4.55. The molecule has 154 valence electrons. The largest absolute Gasteiger partial charge is 0.496 e. The number of pyridine rings is 1. The smallest absolute Gasteiger partial charge is 0.417 e. The van der Waals surface area contributed by atoms with Crippen molar-refractivity contribution in [3.05, 3.63) is 76.4 Å². The van der Waals surface area contributed by atoms with Crippen molar-refractivity contribution < 1.29 is 17.9 Å². The maximum atomic E-state index is 14.0. The minimum absolute atomic E-state index is 0.0202. The van der Waals surface area contributed by atoms with Crippen molar-refractivity contribution in [2.75, 3.05) is 7.11 Å². The standard InChI is InChI=1S/C22H17ClF3N3O/c1-13-20-16(22(24,25)26)11-18(15-8-4-6-10-19(15)30-2)27-21(20)29(28-13)12-14-7-3-5-9-17(14)23/h3-11H,12H2,1-2H3. The fraction of sp³-hybridized carbons (Fsp3) is 0.182. The van der Waals surface area contributed by atoms with E-state index in [2.05, 4.69) is 10.1 Å². The van der Waals surface area contributed by atoms with Crippen molar-refractivity contribution in [3.63, 3.8) is 0 Å². The number of hydrogen-bond acceptors (Lipinski definition) is 3. The quantitative estimate of drug-likeness (QED) is 0.390. The number of hydrogen-bond donors (Lipinski definition) is 0. The molecule has 4 nitrogen and oxygen atoms in total. The Hall–Kier alpha value is -3.06. The Labute approximate surface area is 175 Å². The van der Waals surface area contributed by atoms with Gasteiger partial charge in [0.1, 0.15) is 5.75 Å². The molecule has 0 saturated carbocycles. The number of ether oxygens (including phenoxy) is 1. The highest BCUT2D eigenvalue weighted by molar-refractivity contribution is 6.31. The van der Waals surface area contributed by atoms with E-state index in [-0.39, 0.29) is 29.0 Å². The maximum absolute atomic E-state index is 14.0. The van der Waals surface area contributed by atoms with Gasteiger partial charge in [-0.1, -0.05) is 41.9 Å². The van der Waals surface area contributed by atoms with Crippen LogP contribution in [0.2, 0.25) is 5.02 Å². The van der Waals surface area contributed by atoms with Gasteiger partial charge in [0.2, 0.25) is 0 Å². The van der Waals surface area contributed by atoms with Gasteiger partial charge < -0.3 is 4.74 Å². The number of aryl methyl sites for hydroxylation is 1. The summed E-state index contributed by atoms with van der Waals surface area (Å²) >= 11 is 6.24. The number of para-hydroxylation sites is 1. The van der Waals surface area contributed by atoms with Crippen LogP contribution >= 0.6 is 11.6 Å². The Morgan fingerprint density at radius 1 is 1.07 bits per heavy atom. The molecule has 0 unspecified atom stereocenters. The molecule has 0 N–H and O–H groups in total. The molecule has 8 heteroatoms. The van der Waals surface area contributed by atoms with Crippen LogP contribution in [0, 0.1) is 6.92 Å². The molecule has 0 aliphatic heterocycles. The molecule has 0 spiro atoms. The third kappa shape index (κ3) is 3.61. The van der Waals surface area contributed by atoms with Crippen LogP contribution in [0.5, 0.6) is 5.75 Å². The lowest BCUT2D eigenvalue weighted by Crippen LogP contribution is -2.09. The molecule has 0 saturated heterocycles. The summed E-state index contributed by atoms with van der Waals surface area (Å²) < 4.78 is 48.7. The van der Waals surface area contributed by atoms with Crippen molar-refractivity contribution in [1.29, 1.82) is 0 Å². The first-order valence-electron chi connectivity index (χ1n) is 9.11. The topological polar surface area (TPSA) is 39.9 Å². The highest BCUT2D eigenvalue weighted by atomic mass is 35.5. The predicted octanol–water partition coefficient (Wildman–Crippen LogP) is 6.14. The van der Waals surface area contributed by atoms with Crippen molar-refractivity contribution in [2.24, 2.45) is 0 Å². The molecule has 0 aliphatic carbocycles. The third-order valence-electron chi connectivity index (χ3n) is 4.84. The molecule has 0 fully saturated rings. The van der Waals surface area contributed by atoms with Gasteiger partial charge in [-0.05, 0) is 36.8 Å². The van der Waals surface area contributed by atoms with E-state index < -0.39 is 11.7 Å². The number of halogens is 4. The number of fused-ring (bicyclic) bond motifs is 1. The first-order chi connectivity index (χ1) is 14.3. The Balaban J connectivity index is 1.99. The summed E-state index contributed by atoms with van der Waals surface area (Å²) in [6.45, 7) is 1.74. The van der Waals surface area contributed by atoms with Crippen LogP contribution < -0.4 is 4.74 Å². The maximum Gasteiger partial charge on any atom is 0.417 e. The Bertz CT molecular complexity index is 1230. The van der Waals surface area contributed by atoms with Crippen molar-refractivity contribution in [1.82, 2.24) is 14.8 Å². The summed E-state index contributed by atoms with van der Waals surface area (Å²) in [6, 6.07) is 15.0. The second-order valence-corrected chi connectivity index (χ2v) is 7.19. The molecular formula is C22H17ClF3N3O. The summed E-state index contributed by atoms with van der Waals surface area (Å²) in [6.07, 6.45) is -4.57. The van der Waals surface area contributed by atoms with Crippen molar-refractivity contribution in [2.45, 2.75) is 19.6 Å². The summed E-state index contributed by atoms with van der Waals surface area (Å²) in [5.41, 5.74) is 0.979. The molecular weight excluding hydrogens is 415 g/mol. The van der Waals surface area contributed by atoms with Crippen LogP contribution in [0.25, 0.3) is 22.3 Å². The van der Waals surface area contributed by atoms with Gasteiger partial charge in [-0.15, -0.1) is 0 Å². The number of methoxy groups -OCH3 is 1. The zero-order valence-electron chi connectivity index (χ0n) is 16.2. The second-order valence-electron chi connectivity index (χ2n) is 6.79. The molecule has 2 aromatic carbocycles. The van der Waals surface area contributed by atoms with Crippen LogP contribution in [-0.2, 0) is 12.7 Å². The van der Waals surface area contributed by atoms with E-state index in [0.29, 0.717) is 16.3 Å². The van der Waals surface area contributed by atoms with Gasteiger partial charge in [0.15, 0.2) is 5.65 Å². The van der Waals surface area contributed by atoms with E-state index in [4.69, 9.17) is 16.3 Å². The van der Waals surface area contributed by atoms with E-state index in [1.807, 2.05) is 6.07 Å². The molecule has 4 rings (SSSR count). The normalized spacial score (nSPS) is 11.8. The first kappa shape index (κ1) is 20.2. The van der Waals surface area contributed by atoms with Crippen LogP contribution in [-0.4, -0.2) is 21.9 Å². The molecule has 30 heavy (non-hydrogen) atoms. The minimum atomic E-state index is -4.57. The average molecular weight is 432 g/mol. The van der Waals surface area contributed by atoms with Gasteiger partial charge in [0.25, 0.3) is 0 Å². The Morgan fingerprint density at radius 2 is 1.77 bits per heavy atom. The third-order valence-corrected chi connectivity index (χ3v) is 5.21. The van der Waals surface area contributed by atoms with E-state index in [1.165, 1.54) is 11.8 Å². The van der Waals surface area contributed by atoms with Gasteiger partial charge in [0, 0.05) is 10.6 Å². The summed E-state index contributed by atoms with van der Waals surface area (Å²) in [5.74, 6) is 0.436. The number of alkyl halides is 3. The number of aromatic nitrogens is 3. The Morgan fingerprint density at radius 3 is 2.47 bits per heavy atom. The molecule has 2 aromatic heterocycles. The van der Waals surface area contributed by atoms with Crippen molar-refractivity contribution >= 4 is 22.6 Å². The van der Waals surface area contributed by atoms with Crippen LogP contribution in [0.3, 0.4) is 0 Å². The zero-order chi connectivity index (χ0) is 21.5. The van der Waals surface area contributed by atoms with E-state index in [1.54, 1.807) is 49.4 Å². The number of rotatable bonds is 4. The zero-order valence-corrected chi connectivity index (χ0v) is 16.9. The van der Waals surface area contributed by atoms with Gasteiger partial charge in [0.05, 0.1) is 36.0 Å². The predicted molar refractivity (Wildman–Crippen MR) is 110 cm³/mol. The highest BCUT2D eigenvalue weighted by Crippen LogP contribution is 2.39. The van der Waals surface area contributed by atoms with Gasteiger partial charge in [-0.25, -0.2) is 9.67 Å². The van der Waals surface area contributed by atoms with Gasteiger partial charge >= 0.3 is 6.18 Å². The molecule has 4 aromatic rings. The van der Waals surface area contributed by atoms with Crippen LogP contribution in [0.15, 0.2) is 54.6 Å². The molecule has 0 atom stereocenters. The molecule has 0 radical (unpaired) electrons. The average Bonchev–Trinajstić information content (AvgIpc) is 3.03. The first-order valence-corrected chi connectivity index (χ1v) is 9.49.